The van der Waals surface area contributed by atoms with Gasteiger partial charge in [0.25, 0.3) is 5.91 Å². The number of nitrogens with zero attached hydrogens (tertiary/aromatic N) is 2. The zero-order chi connectivity index (χ0) is 21.7. The number of nitro groups is 1. The van der Waals surface area contributed by atoms with Crippen LogP contribution in [0.2, 0.25) is 5.02 Å². The lowest BCUT2D eigenvalue weighted by Crippen LogP contribution is -2.34. The number of carbonyl (C=O) groups is 1. The monoisotopic (exact) mass is 448 g/mol. The van der Waals surface area contributed by atoms with Crippen LogP contribution in [0.4, 0.5) is 17.1 Å². The van der Waals surface area contributed by atoms with Crippen LogP contribution in [0.3, 0.4) is 0 Å². The van der Waals surface area contributed by atoms with Crippen molar-refractivity contribution >= 4 is 51.9 Å². The maximum absolute atomic E-state index is 12.4. The second-order valence-corrected chi connectivity index (χ2v) is 7.58. The lowest BCUT2D eigenvalue weighted by atomic mass is 10.1. The van der Waals surface area contributed by atoms with Gasteiger partial charge in [0, 0.05) is 30.4 Å². The van der Waals surface area contributed by atoms with Crippen molar-refractivity contribution in [2.24, 2.45) is 0 Å². The van der Waals surface area contributed by atoms with Gasteiger partial charge in [0.15, 0.2) is 10.9 Å². The van der Waals surface area contributed by atoms with Gasteiger partial charge >= 0.3 is 5.69 Å². The topological polar surface area (TPSA) is 96.7 Å². The molecule has 0 bridgehead atoms. The first-order valence-electron chi connectivity index (χ1n) is 9.38. The molecule has 8 nitrogen and oxygen atoms in total. The third kappa shape index (κ3) is 5.17. The highest BCUT2D eigenvalue weighted by Crippen LogP contribution is 2.31. The zero-order valence-corrected chi connectivity index (χ0v) is 17.9. The number of thiocarbonyl (C=S) groups is 1. The maximum atomic E-state index is 12.4. The predicted octanol–water partition coefficient (Wildman–Crippen LogP) is 4.37. The molecule has 2 N–H and O–H groups in total. The summed E-state index contributed by atoms with van der Waals surface area (Å²) in [6, 6.07) is 9.44. The van der Waals surface area contributed by atoms with Crippen LogP contribution in [0.25, 0.3) is 0 Å². The number of nitrogens with one attached hydrogen (secondary N) is 2. The van der Waals surface area contributed by atoms with Crippen LogP contribution in [0, 0.1) is 10.1 Å². The van der Waals surface area contributed by atoms with E-state index in [1.807, 2.05) is 12.1 Å². The SMILES string of the molecule is COc1ccc(C(=O)NC(=S)Nc2ccc(N3CCCCC3)c(Cl)c2)cc1[N+](=O)[O-]. The average molecular weight is 449 g/mol. The first-order chi connectivity index (χ1) is 14.4. The second-order valence-electron chi connectivity index (χ2n) is 6.77. The Labute approximate surface area is 184 Å². The highest BCUT2D eigenvalue weighted by molar-refractivity contribution is 7.80. The molecule has 1 amide bonds. The number of hydrogen-bond acceptors (Lipinski definition) is 6. The molecule has 0 aliphatic carbocycles. The maximum Gasteiger partial charge on any atom is 0.311 e. The summed E-state index contributed by atoms with van der Waals surface area (Å²) in [5, 5.41) is 17.2. The molecule has 2 aromatic rings. The second kappa shape index (κ2) is 9.73. The number of rotatable bonds is 5. The Morgan fingerprint density at radius 2 is 1.93 bits per heavy atom. The van der Waals surface area contributed by atoms with Crippen molar-refractivity contribution in [2.45, 2.75) is 19.3 Å². The summed E-state index contributed by atoms with van der Waals surface area (Å²) in [6.45, 7) is 1.96. The first kappa shape index (κ1) is 21.8. The number of methoxy groups -OCH3 is 1. The molecule has 10 heteroatoms. The Hall–Kier alpha value is -2.91. The average Bonchev–Trinajstić information content (AvgIpc) is 2.73. The molecule has 1 heterocycles. The van der Waals surface area contributed by atoms with E-state index in [1.54, 1.807) is 6.07 Å². The fourth-order valence-electron chi connectivity index (χ4n) is 3.29. The number of amides is 1. The summed E-state index contributed by atoms with van der Waals surface area (Å²) in [4.78, 5) is 25.2. The molecular formula is C20H21ClN4O4S. The van der Waals surface area contributed by atoms with Crippen LogP contribution in [0.5, 0.6) is 5.75 Å². The highest BCUT2D eigenvalue weighted by Gasteiger charge is 2.19. The molecule has 158 valence electrons. The number of benzene rings is 2. The van der Waals surface area contributed by atoms with Gasteiger partial charge in [0.1, 0.15) is 0 Å². The summed E-state index contributed by atoms with van der Waals surface area (Å²) < 4.78 is 4.94. The molecule has 0 aromatic heterocycles. The van der Waals surface area contributed by atoms with Gasteiger partial charge in [-0.2, -0.15) is 0 Å². The molecule has 0 unspecified atom stereocenters. The Morgan fingerprint density at radius 1 is 1.20 bits per heavy atom. The van der Waals surface area contributed by atoms with E-state index in [4.69, 9.17) is 28.6 Å². The summed E-state index contributed by atoms with van der Waals surface area (Å²) in [5.41, 5.74) is 1.39. The quantitative estimate of drug-likeness (QED) is 0.398. The highest BCUT2D eigenvalue weighted by atomic mass is 35.5. The molecule has 0 spiro atoms. The Balaban J connectivity index is 1.65. The van der Waals surface area contributed by atoms with E-state index in [2.05, 4.69) is 15.5 Å². The summed E-state index contributed by atoms with van der Waals surface area (Å²) in [5.74, 6) is -0.505. The molecule has 3 rings (SSSR count). The standard InChI is InChI=1S/C20H21ClN4O4S/c1-29-18-8-5-13(11-17(18)25(27)28)19(26)23-20(30)22-14-6-7-16(15(21)12-14)24-9-3-2-4-10-24/h5-8,11-12H,2-4,9-10H2,1H3,(H2,22,23,26,30). The fraction of sp³-hybridized carbons (Fsp3) is 0.300. The zero-order valence-electron chi connectivity index (χ0n) is 16.3. The number of anilines is 2. The van der Waals surface area contributed by atoms with E-state index in [0.717, 1.165) is 37.7 Å². The lowest BCUT2D eigenvalue weighted by Gasteiger charge is -2.29. The smallest absolute Gasteiger partial charge is 0.311 e. The third-order valence-corrected chi connectivity index (χ3v) is 5.27. The van der Waals surface area contributed by atoms with E-state index in [0.29, 0.717) is 10.7 Å². The molecular weight excluding hydrogens is 428 g/mol. The van der Waals surface area contributed by atoms with Crippen molar-refractivity contribution in [3.63, 3.8) is 0 Å². The summed E-state index contributed by atoms with van der Waals surface area (Å²) in [7, 11) is 1.32. The third-order valence-electron chi connectivity index (χ3n) is 4.77. The molecule has 0 atom stereocenters. The Bertz CT molecular complexity index is 979. The van der Waals surface area contributed by atoms with Crippen LogP contribution in [0.15, 0.2) is 36.4 Å². The van der Waals surface area contributed by atoms with Crippen molar-refractivity contribution in [2.75, 3.05) is 30.4 Å². The number of ether oxygens (including phenoxy) is 1. The minimum absolute atomic E-state index is 0.0558. The van der Waals surface area contributed by atoms with Crippen LogP contribution in [-0.2, 0) is 0 Å². The van der Waals surface area contributed by atoms with Crippen molar-refractivity contribution in [3.05, 3.63) is 57.1 Å². The van der Waals surface area contributed by atoms with Gasteiger partial charge in [-0.3, -0.25) is 20.2 Å². The molecule has 0 saturated carbocycles. The largest absolute Gasteiger partial charge is 0.490 e. The van der Waals surface area contributed by atoms with Crippen LogP contribution in [-0.4, -0.2) is 36.1 Å². The normalized spacial score (nSPS) is 13.5. The van der Waals surface area contributed by atoms with E-state index in [-0.39, 0.29) is 22.1 Å². The van der Waals surface area contributed by atoms with Crippen molar-refractivity contribution in [1.29, 1.82) is 0 Å². The van der Waals surface area contributed by atoms with E-state index < -0.39 is 10.8 Å². The summed E-state index contributed by atoms with van der Waals surface area (Å²) in [6.07, 6.45) is 3.53. The minimum Gasteiger partial charge on any atom is -0.490 e. The molecule has 1 aliphatic rings. The minimum atomic E-state index is -0.613. The van der Waals surface area contributed by atoms with Crippen LogP contribution >= 0.6 is 23.8 Å². The van der Waals surface area contributed by atoms with Gasteiger partial charge in [-0.25, -0.2) is 0 Å². The fourth-order valence-corrected chi connectivity index (χ4v) is 3.80. The number of nitro benzene ring substituents is 1. The Morgan fingerprint density at radius 3 is 2.57 bits per heavy atom. The van der Waals surface area contributed by atoms with Gasteiger partial charge in [0.2, 0.25) is 0 Å². The van der Waals surface area contributed by atoms with Crippen molar-refractivity contribution in [1.82, 2.24) is 5.32 Å². The predicted molar refractivity (Wildman–Crippen MR) is 121 cm³/mol. The van der Waals surface area contributed by atoms with Gasteiger partial charge < -0.3 is 15.0 Å². The van der Waals surface area contributed by atoms with E-state index in [9.17, 15) is 14.9 Å². The molecule has 1 fully saturated rings. The lowest BCUT2D eigenvalue weighted by molar-refractivity contribution is -0.385. The number of halogens is 1. The van der Waals surface area contributed by atoms with Crippen LogP contribution in [0.1, 0.15) is 29.6 Å². The van der Waals surface area contributed by atoms with E-state index in [1.165, 1.54) is 25.7 Å². The van der Waals surface area contributed by atoms with Crippen molar-refractivity contribution in [3.8, 4) is 5.75 Å². The molecule has 2 aromatic carbocycles. The Kier molecular flexibility index (Phi) is 7.07. The number of hydrogen-bond donors (Lipinski definition) is 2. The first-order valence-corrected chi connectivity index (χ1v) is 10.2. The van der Waals surface area contributed by atoms with E-state index >= 15 is 0 Å². The van der Waals surface area contributed by atoms with Gasteiger partial charge in [-0.05, 0) is 61.8 Å². The molecule has 0 radical (unpaired) electrons. The molecule has 1 aliphatic heterocycles. The van der Waals surface area contributed by atoms with Crippen LogP contribution < -0.4 is 20.3 Å². The molecule has 30 heavy (non-hydrogen) atoms. The van der Waals surface area contributed by atoms with Gasteiger partial charge in [-0.1, -0.05) is 11.6 Å². The van der Waals surface area contributed by atoms with Gasteiger partial charge in [-0.15, -0.1) is 0 Å². The number of piperidine rings is 1. The summed E-state index contributed by atoms with van der Waals surface area (Å²) >= 11 is 11.6. The number of carbonyl (C=O) groups excluding carboxylic acids is 1. The van der Waals surface area contributed by atoms with Crippen molar-refractivity contribution < 1.29 is 14.5 Å². The molecule has 1 saturated heterocycles. The van der Waals surface area contributed by atoms with Gasteiger partial charge in [0.05, 0.1) is 22.7 Å².